The Morgan fingerprint density at radius 3 is 2.38 bits per heavy atom. The Morgan fingerprint density at radius 2 is 1.68 bits per heavy atom. The molecule has 3 aromatic rings. The molecule has 1 unspecified atom stereocenters. The highest BCUT2D eigenvalue weighted by molar-refractivity contribution is 6.30. The lowest BCUT2D eigenvalue weighted by Gasteiger charge is -2.28. The Morgan fingerprint density at radius 1 is 0.973 bits per heavy atom. The smallest absolute Gasteiger partial charge is 0.330 e. The van der Waals surface area contributed by atoms with E-state index in [2.05, 4.69) is 0 Å². The quantitative estimate of drug-likeness (QED) is 0.243. The molecule has 0 fully saturated rings. The van der Waals surface area contributed by atoms with E-state index in [1.165, 1.54) is 11.0 Å². The molecule has 0 aliphatic heterocycles. The van der Waals surface area contributed by atoms with Crippen molar-refractivity contribution in [2.75, 3.05) is 18.1 Å². The van der Waals surface area contributed by atoms with Gasteiger partial charge in [0.15, 0.2) is 0 Å². The van der Waals surface area contributed by atoms with Gasteiger partial charge in [0.2, 0.25) is 0 Å². The van der Waals surface area contributed by atoms with E-state index in [9.17, 15) is 14.7 Å². The van der Waals surface area contributed by atoms with Crippen LogP contribution in [0.2, 0.25) is 5.02 Å². The van der Waals surface area contributed by atoms with Crippen LogP contribution in [0.25, 0.3) is 0 Å². The molecule has 3 aromatic carbocycles. The number of anilines is 1. The molecule has 0 bridgehead atoms. The Bertz CT molecular complexity index is 1230. The van der Waals surface area contributed by atoms with Crippen LogP contribution >= 0.6 is 11.6 Å². The van der Waals surface area contributed by atoms with E-state index < -0.39 is 18.0 Å². The number of ether oxygens (including phenoxy) is 2. The molecule has 3 rings (SSSR count). The summed E-state index contributed by atoms with van der Waals surface area (Å²) in [5, 5.41) is 12.0. The average molecular weight is 522 g/mol. The summed E-state index contributed by atoms with van der Waals surface area (Å²) in [6, 6.07) is 22.0. The van der Waals surface area contributed by atoms with Gasteiger partial charge in [-0.1, -0.05) is 74.0 Å². The number of halogens is 1. The van der Waals surface area contributed by atoms with Crippen molar-refractivity contribution in [3.63, 3.8) is 0 Å². The molecule has 194 valence electrons. The van der Waals surface area contributed by atoms with E-state index in [0.29, 0.717) is 40.7 Å². The van der Waals surface area contributed by atoms with Crippen molar-refractivity contribution >= 4 is 29.2 Å². The number of hydrogen-bond donors (Lipinski definition) is 1. The molecule has 1 amide bonds. The predicted octanol–water partition coefficient (Wildman–Crippen LogP) is 6.11. The fourth-order valence-electron chi connectivity index (χ4n) is 3.82. The summed E-state index contributed by atoms with van der Waals surface area (Å²) >= 11 is 6.34. The highest BCUT2D eigenvalue weighted by Gasteiger charge is 2.25. The number of para-hydroxylation sites is 1. The minimum absolute atomic E-state index is 0.113. The van der Waals surface area contributed by atoms with Gasteiger partial charge in [0.25, 0.3) is 5.91 Å². The number of esters is 1. The lowest BCUT2D eigenvalue weighted by Crippen LogP contribution is -2.34. The van der Waals surface area contributed by atoms with Crippen molar-refractivity contribution in [3.05, 3.63) is 107 Å². The van der Waals surface area contributed by atoms with Crippen LogP contribution in [0.1, 0.15) is 43.6 Å². The monoisotopic (exact) mass is 521 g/mol. The number of carbonyl (C=O) groups is 2. The minimum Gasteiger partial charge on any atom is -0.489 e. The largest absolute Gasteiger partial charge is 0.489 e. The molecule has 37 heavy (non-hydrogen) atoms. The van der Waals surface area contributed by atoms with E-state index in [0.717, 1.165) is 11.6 Å². The minimum atomic E-state index is -1.13. The van der Waals surface area contributed by atoms with Crippen LogP contribution in [-0.4, -0.2) is 30.1 Å². The molecule has 7 heteroatoms. The summed E-state index contributed by atoms with van der Waals surface area (Å²) in [6.45, 7) is 6.57. The molecule has 0 radical (unpaired) electrons. The van der Waals surface area contributed by atoms with Gasteiger partial charge in [-0.25, -0.2) is 4.79 Å². The maximum absolute atomic E-state index is 13.2. The maximum atomic E-state index is 13.2. The summed E-state index contributed by atoms with van der Waals surface area (Å²) in [6.07, 6.45) is 1.16. The van der Waals surface area contributed by atoms with Gasteiger partial charge in [-0.3, -0.25) is 4.79 Å². The molecule has 0 heterocycles. The Balaban J connectivity index is 1.97. The van der Waals surface area contributed by atoms with Crippen molar-refractivity contribution in [2.45, 2.75) is 33.5 Å². The van der Waals surface area contributed by atoms with Gasteiger partial charge in [0.1, 0.15) is 18.5 Å². The molecule has 0 spiro atoms. The zero-order valence-corrected chi connectivity index (χ0v) is 22.0. The Hall–Kier alpha value is -3.61. The summed E-state index contributed by atoms with van der Waals surface area (Å²) < 4.78 is 11.0. The van der Waals surface area contributed by atoms with Crippen LogP contribution in [0.4, 0.5) is 5.69 Å². The zero-order chi connectivity index (χ0) is 26.8. The molecular weight excluding hydrogens is 490 g/mol. The first-order chi connectivity index (χ1) is 17.8. The molecule has 1 N–H and O–H groups in total. The molecule has 0 aliphatic rings. The van der Waals surface area contributed by atoms with Gasteiger partial charge in [-0.15, -0.1) is 0 Å². The Kier molecular flexibility index (Phi) is 10.3. The summed E-state index contributed by atoms with van der Waals surface area (Å²) in [5.74, 6) is -0.372. The van der Waals surface area contributed by atoms with Crippen molar-refractivity contribution < 1.29 is 24.2 Å². The molecule has 0 saturated heterocycles. The number of aliphatic hydroxyl groups is 1. The number of nitrogens with zero attached hydrogens (tertiary/aromatic N) is 1. The third kappa shape index (κ3) is 7.94. The van der Waals surface area contributed by atoms with Crippen LogP contribution in [0.5, 0.6) is 5.75 Å². The second-order valence-corrected chi connectivity index (χ2v) is 9.28. The number of hydrogen-bond acceptors (Lipinski definition) is 5. The maximum Gasteiger partial charge on any atom is 0.330 e. The predicted molar refractivity (Wildman–Crippen MR) is 146 cm³/mol. The first-order valence-corrected chi connectivity index (χ1v) is 12.6. The van der Waals surface area contributed by atoms with E-state index >= 15 is 0 Å². The number of carbonyl (C=O) groups excluding carboxylic acids is 2. The van der Waals surface area contributed by atoms with E-state index in [-0.39, 0.29) is 12.5 Å². The standard InChI is InChI=1S/C30H32ClNO5/c1-4-36-29(34)17-16-28(33)32(19-21(2)3)26-15-14-23(31)18-25(26)30(35)24-12-8-9-13-27(24)37-20-22-10-6-5-7-11-22/h5-18,21,30,35H,4,19-20H2,1-3H3. The first kappa shape index (κ1) is 28.0. The van der Waals surface area contributed by atoms with E-state index in [1.807, 2.05) is 56.3 Å². The molecule has 1 atom stereocenters. The summed E-state index contributed by atoms with van der Waals surface area (Å²) in [4.78, 5) is 26.5. The number of aliphatic hydroxyl groups excluding tert-OH is 1. The fraction of sp³-hybridized carbons (Fsp3) is 0.267. The number of amides is 1. The third-order valence-corrected chi connectivity index (χ3v) is 5.72. The first-order valence-electron chi connectivity index (χ1n) is 12.2. The van der Waals surface area contributed by atoms with Gasteiger partial charge in [0, 0.05) is 34.8 Å². The molecule has 0 saturated carbocycles. The number of benzene rings is 3. The van der Waals surface area contributed by atoms with Gasteiger partial charge in [-0.05, 0) is 42.7 Å². The number of rotatable bonds is 11. The molecule has 6 nitrogen and oxygen atoms in total. The average Bonchev–Trinajstić information content (AvgIpc) is 2.90. The fourth-order valence-corrected chi connectivity index (χ4v) is 4.00. The van der Waals surface area contributed by atoms with Crippen LogP contribution in [0, 0.1) is 5.92 Å². The van der Waals surface area contributed by atoms with Gasteiger partial charge in [-0.2, -0.15) is 0 Å². The zero-order valence-electron chi connectivity index (χ0n) is 21.3. The van der Waals surface area contributed by atoms with Gasteiger partial charge < -0.3 is 19.5 Å². The SMILES string of the molecule is CCOC(=O)C=CC(=O)N(CC(C)C)c1ccc(Cl)cc1C(O)c1ccccc1OCc1ccccc1. The highest BCUT2D eigenvalue weighted by Crippen LogP contribution is 2.37. The van der Waals surface area contributed by atoms with Crippen molar-refractivity contribution in [1.29, 1.82) is 0 Å². The highest BCUT2D eigenvalue weighted by atomic mass is 35.5. The lowest BCUT2D eigenvalue weighted by molar-refractivity contribution is -0.137. The normalized spacial score (nSPS) is 11.9. The van der Waals surface area contributed by atoms with Crippen LogP contribution in [-0.2, 0) is 20.9 Å². The third-order valence-electron chi connectivity index (χ3n) is 5.49. The summed E-state index contributed by atoms with van der Waals surface area (Å²) in [5.41, 5.74) is 2.47. The van der Waals surface area contributed by atoms with Gasteiger partial charge in [0.05, 0.1) is 12.3 Å². The second kappa shape index (κ2) is 13.6. The van der Waals surface area contributed by atoms with E-state index in [1.54, 1.807) is 37.3 Å². The topological polar surface area (TPSA) is 76.1 Å². The van der Waals surface area contributed by atoms with Crippen LogP contribution < -0.4 is 9.64 Å². The van der Waals surface area contributed by atoms with Crippen molar-refractivity contribution in [2.24, 2.45) is 5.92 Å². The molecular formula is C30H32ClNO5. The van der Waals surface area contributed by atoms with Crippen LogP contribution in [0.3, 0.4) is 0 Å². The van der Waals surface area contributed by atoms with Crippen molar-refractivity contribution in [3.8, 4) is 5.75 Å². The van der Waals surface area contributed by atoms with Gasteiger partial charge >= 0.3 is 5.97 Å². The van der Waals surface area contributed by atoms with E-state index in [4.69, 9.17) is 21.1 Å². The lowest BCUT2D eigenvalue weighted by atomic mass is 9.97. The van der Waals surface area contributed by atoms with Crippen molar-refractivity contribution in [1.82, 2.24) is 0 Å². The summed E-state index contributed by atoms with van der Waals surface area (Å²) in [7, 11) is 0. The molecule has 0 aromatic heterocycles. The molecule has 0 aliphatic carbocycles. The second-order valence-electron chi connectivity index (χ2n) is 8.85. The Labute approximate surface area is 223 Å². The van der Waals surface area contributed by atoms with Crippen LogP contribution in [0.15, 0.2) is 84.9 Å².